The van der Waals surface area contributed by atoms with E-state index in [0.29, 0.717) is 9.93 Å². The van der Waals surface area contributed by atoms with Crippen molar-refractivity contribution in [2.45, 2.75) is 0 Å². The number of rotatable bonds is 1. The molecule has 2 rings (SSSR count). The van der Waals surface area contributed by atoms with Crippen molar-refractivity contribution in [3.05, 3.63) is 39.8 Å². The zero-order chi connectivity index (χ0) is 10.8. The largest absolute Gasteiger partial charge is 0.290 e. The fourth-order valence-electron chi connectivity index (χ4n) is 1.13. The minimum absolute atomic E-state index is 0.333. The van der Waals surface area contributed by atoms with Gasteiger partial charge in [-0.1, -0.05) is 23.7 Å². The summed E-state index contributed by atoms with van der Waals surface area (Å²) in [5.74, 6) is -0.347. The van der Waals surface area contributed by atoms with Gasteiger partial charge in [-0.2, -0.15) is 0 Å². The molecule has 0 radical (unpaired) electrons. The molecule has 1 heterocycles. The highest BCUT2D eigenvalue weighted by atomic mass is 35.5. The molecule has 5 heteroatoms. The van der Waals surface area contributed by atoms with E-state index in [1.807, 2.05) is 0 Å². The summed E-state index contributed by atoms with van der Waals surface area (Å²) in [6, 6.07) is 7.03. The van der Waals surface area contributed by atoms with Crippen LogP contribution >= 0.6 is 23.4 Å². The van der Waals surface area contributed by atoms with Crippen molar-refractivity contribution in [1.29, 1.82) is 0 Å². The third-order valence-electron chi connectivity index (χ3n) is 1.81. The molecule has 3 nitrogen and oxygen atoms in total. The highest BCUT2D eigenvalue weighted by molar-refractivity contribution is 8.18. The van der Waals surface area contributed by atoms with Gasteiger partial charge in [-0.3, -0.25) is 14.9 Å². The van der Waals surface area contributed by atoms with Gasteiger partial charge in [-0.15, -0.1) is 0 Å². The molecule has 1 saturated heterocycles. The van der Waals surface area contributed by atoms with E-state index in [0.717, 1.165) is 17.3 Å². The summed E-state index contributed by atoms with van der Waals surface area (Å²) in [6.45, 7) is 0. The van der Waals surface area contributed by atoms with Gasteiger partial charge in [0.05, 0.1) is 4.91 Å². The normalized spacial score (nSPS) is 18.3. The molecule has 0 spiro atoms. The number of amides is 2. The standard InChI is InChI=1S/C10H6ClNO2S/c11-7-3-1-6(2-4-7)5-8-9(13)12-10(14)15-8/h1-5H,(H,12,13,14). The van der Waals surface area contributed by atoms with Crippen molar-refractivity contribution < 1.29 is 9.59 Å². The highest BCUT2D eigenvalue weighted by Crippen LogP contribution is 2.25. The number of hydrogen-bond acceptors (Lipinski definition) is 3. The van der Waals surface area contributed by atoms with E-state index in [1.54, 1.807) is 30.3 Å². The van der Waals surface area contributed by atoms with E-state index in [9.17, 15) is 9.59 Å². The Kier molecular flexibility index (Phi) is 2.79. The van der Waals surface area contributed by atoms with Crippen LogP contribution in [0.5, 0.6) is 0 Å². The van der Waals surface area contributed by atoms with E-state index in [1.165, 1.54) is 0 Å². The van der Waals surface area contributed by atoms with Crippen molar-refractivity contribution in [3.8, 4) is 0 Å². The maximum Gasteiger partial charge on any atom is 0.290 e. The molecule has 76 valence electrons. The fourth-order valence-corrected chi connectivity index (χ4v) is 1.94. The molecule has 0 aromatic heterocycles. The summed E-state index contributed by atoms with van der Waals surface area (Å²) in [5, 5.41) is 2.49. The van der Waals surface area contributed by atoms with Gasteiger partial charge >= 0.3 is 0 Å². The lowest BCUT2D eigenvalue weighted by Crippen LogP contribution is -2.17. The van der Waals surface area contributed by atoms with E-state index < -0.39 is 0 Å². The quantitative estimate of drug-likeness (QED) is 0.767. The van der Waals surface area contributed by atoms with Gasteiger partial charge < -0.3 is 0 Å². The van der Waals surface area contributed by atoms with Crippen molar-refractivity contribution >= 4 is 40.6 Å². The molecule has 0 unspecified atom stereocenters. The van der Waals surface area contributed by atoms with Crippen LogP contribution in [-0.4, -0.2) is 11.1 Å². The molecule has 1 aliphatic rings. The number of thioether (sulfide) groups is 1. The molecular formula is C10H6ClNO2S. The molecule has 1 aromatic rings. The van der Waals surface area contributed by atoms with Crippen LogP contribution < -0.4 is 5.32 Å². The minimum atomic E-state index is -0.347. The number of carbonyl (C=O) groups excluding carboxylic acids is 2. The van der Waals surface area contributed by atoms with Gasteiger partial charge in [0.15, 0.2) is 0 Å². The zero-order valence-corrected chi connectivity index (χ0v) is 9.06. The van der Waals surface area contributed by atoms with Crippen LogP contribution in [0.3, 0.4) is 0 Å². The van der Waals surface area contributed by atoms with Crippen molar-refractivity contribution in [2.75, 3.05) is 0 Å². The van der Waals surface area contributed by atoms with E-state index in [4.69, 9.17) is 11.6 Å². The first-order valence-electron chi connectivity index (χ1n) is 4.15. The first kappa shape index (κ1) is 10.3. The Morgan fingerprint density at radius 2 is 1.87 bits per heavy atom. The highest BCUT2D eigenvalue weighted by Gasteiger charge is 2.24. The molecule has 2 amide bonds. The lowest BCUT2D eigenvalue weighted by molar-refractivity contribution is -0.115. The van der Waals surface area contributed by atoms with Gasteiger partial charge in [-0.05, 0) is 35.5 Å². The average Bonchev–Trinajstić information content (AvgIpc) is 2.49. The molecule has 0 bridgehead atoms. The van der Waals surface area contributed by atoms with Crippen molar-refractivity contribution in [2.24, 2.45) is 0 Å². The molecule has 0 atom stereocenters. The summed E-state index contributed by atoms with van der Waals surface area (Å²) >= 11 is 6.62. The third-order valence-corrected chi connectivity index (χ3v) is 2.87. The van der Waals surface area contributed by atoms with Gasteiger partial charge in [0.25, 0.3) is 11.1 Å². The minimum Gasteiger partial charge on any atom is -0.282 e. The number of hydrogen-bond donors (Lipinski definition) is 1. The Bertz CT molecular complexity index is 453. The Morgan fingerprint density at radius 1 is 1.20 bits per heavy atom. The summed E-state index contributed by atoms with van der Waals surface area (Å²) < 4.78 is 0. The van der Waals surface area contributed by atoms with E-state index in [2.05, 4.69) is 5.32 Å². The van der Waals surface area contributed by atoms with Crippen molar-refractivity contribution in [3.63, 3.8) is 0 Å². The van der Waals surface area contributed by atoms with Gasteiger partial charge in [-0.25, -0.2) is 0 Å². The molecular weight excluding hydrogens is 234 g/mol. The summed E-state index contributed by atoms with van der Waals surface area (Å²) in [7, 11) is 0. The Morgan fingerprint density at radius 3 is 2.40 bits per heavy atom. The lowest BCUT2D eigenvalue weighted by atomic mass is 10.2. The second-order valence-corrected chi connectivity index (χ2v) is 4.35. The first-order valence-corrected chi connectivity index (χ1v) is 5.35. The Balaban J connectivity index is 2.27. The zero-order valence-electron chi connectivity index (χ0n) is 7.49. The van der Waals surface area contributed by atoms with Crippen LogP contribution in [0.25, 0.3) is 6.08 Å². The smallest absolute Gasteiger partial charge is 0.282 e. The number of carbonyl (C=O) groups is 2. The number of benzene rings is 1. The Hall–Kier alpha value is -1.26. The molecule has 0 saturated carbocycles. The monoisotopic (exact) mass is 239 g/mol. The van der Waals surface area contributed by atoms with Crippen LogP contribution in [0.15, 0.2) is 29.2 Å². The predicted octanol–water partition coefficient (Wildman–Crippen LogP) is 2.66. The molecule has 0 aliphatic carbocycles. The molecule has 1 aliphatic heterocycles. The van der Waals surface area contributed by atoms with Crippen LogP contribution in [0, 0.1) is 0 Å². The Labute approximate surface area is 95.5 Å². The molecule has 1 N–H and O–H groups in total. The first-order chi connectivity index (χ1) is 7.15. The van der Waals surface area contributed by atoms with E-state index in [-0.39, 0.29) is 11.1 Å². The second-order valence-electron chi connectivity index (χ2n) is 2.90. The number of imide groups is 1. The number of nitrogens with one attached hydrogen (secondary N) is 1. The maximum absolute atomic E-state index is 11.2. The van der Waals surface area contributed by atoms with Gasteiger partial charge in [0.2, 0.25) is 0 Å². The van der Waals surface area contributed by atoms with Crippen LogP contribution in [0.4, 0.5) is 4.79 Å². The maximum atomic E-state index is 11.2. The van der Waals surface area contributed by atoms with E-state index >= 15 is 0 Å². The molecule has 1 aromatic carbocycles. The van der Waals surface area contributed by atoms with Crippen LogP contribution in [-0.2, 0) is 4.79 Å². The molecule has 15 heavy (non-hydrogen) atoms. The average molecular weight is 240 g/mol. The van der Waals surface area contributed by atoms with Gasteiger partial charge in [0.1, 0.15) is 0 Å². The van der Waals surface area contributed by atoms with Gasteiger partial charge in [0, 0.05) is 5.02 Å². The lowest BCUT2D eigenvalue weighted by Gasteiger charge is -1.94. The predicted molar refractivity (Wildman–Crippen MR) is 60.6 cm³/mol. The van der Waals surface area contributed by atoms with Crippen LogP contribution in [0.1, 0.15) is 5.56 Å². The third kappa shape index (κ3) is 2.40. The summed E-state index contributed by atoms with van der Waals surface area (Å²) in [5.41, 5.74) is 0.840. The fraction of sp³-hybridized carbons (Fsp3) is 0. The summed E-state index contributed by atoms with van der Waals surface area (Å²) in [6.07, 6.45) is 1.65. The number of halogens is 1. The SMILES string of the molecule is O=C1NC(=O)C(=Cc2ccc(Cl)cc2)S1. The summed E-state index contributed by atoms with van der Waals surface area (Å²) in [4.78, 5) is 22.5. The van der Waals surface area contributed by atoms with Crippen molar-refractivity contribution in [1.82, 2.24) is 5.32 Å². The van der Waals surface area contributed by atoms with Crippen LogP contribution in [0.2, 0.25) is 5.02 Å². The second kappa shape index (κ2) is 4.08. The topological polar surface area (TPSA) is 46.2 Å². The molecule has 1 fully saturated rings.